The summed E-state index contributed by atoms with van der Waals surface area (Å²) in [6, 6.07) is 18.1. The van der Waals surface area contributed by atoms with Crippen LogP contribution < -0.4 is 5.32 Å². The summed E-state index contributed by atoms with van der Waals surface area (Å²) >= 11 is 0. The van der Waals surface area contributed by atoms with Crippen molar-refractivity contribution in [3.63, 3.8) is 0 Å². The average molecular weight is 340 g/mol. The molecule has 2 rings (SSSR count). The summed E-state index contributed by atoms with van der Waals surface area (Å²) in [5.41, 5.74) is 1.64. The molecule has 0 spiro atoms. The van der Waals surface area contributed by atoms with E-state index >= 15 is 0 Å². The number of likely N-dealkylation sites (N-methyl/N-ethyl adjacent to an activating group) is 1. The molecule has 1 N–H and O–H groups in total. The van der Waals surface area contributed by atoms with E-state index in [4.69, 9.17) is 4.74 Å². The highest BCUT2D eigenvalue weighted by Gasteiger charge is 2.19. The number of carbonyl (C=O) groups excluding carboxylic acids is 2. The largest absolute Gasteiger partial charge is 0.375 e. The summed E-state index contributed by atoms with van der Waals surface area (Å²) in [6.07, 6.45) is 0. The maximum absolute atomic E-state index is 12.3. The van der Waals surface area contributed by atoms with E-state index in [2.05, 4.69) is 5.32 Å². The van der Waals surface area contributed by atoms with Crippen LogP contribution in [0.2, 0.25) is 0 Å². The van der Waals surface area contributed by atoms with Gasteiger partial charge < -0.3 is 15.0 Å². The van der Waals surface area contributed by atoms with Crippen molar-refractivity contribution >= 4 is 11.8 Å². The quantitative estimate of drug-likeness (QED) is 0.751. The predicted molar refractivity (Wildman–Crippen MR) is 97.1 cm³/mol. The lowest BCUT2D eigenvalue weighted by Gasteiger charge is -2.22. The van der Waals surface area contributed by atoms with E-state index in [-0.39, 0.29) is 11.8 Å². The monoisotopic (exact) mass is 340 g/mol. The van der Waals surface area contributed by atoms with Gasteiger partial charge in [-0.2, -0.15) is 0 Å². The first-order valence-corrected chi connectivity index (χ1v) is 8.30. The maximum atomic E-state index is 12.3. The Bertz CT molecular complexity index is 674. The van der Waals surface area contributed by atoms with Gasteiger partial charge in [0.2, 0.25) is 5.91 Å². The van der Waals surface area contributed by atoms with Crippen molar-refractivity contribution in [3.8, 4) is 0 Å². The Kier molecular flexibility index (Phi) is 7.16. The van der Waals surface area contributed by atoms with E-state index < -0.39 is 6.04 Å². The second-order valence-electron chi connectivity index (χ2n) is 5.86. The van der Waals surface area contributed by atoms with E-state index in [1.807, 2.05) is 36.4 Å². The van der Waals surface area contributed by atoms with Crippen molar-refractivity contribution in [2.24, 2.45) is 0 Å². The average Bonchev–Trinajstić information content (AvgIpc) is 2.65. The molecule has 2 aromatic rings. The van der Waals surface area contributed by atoms with Crippen LogP contribution in [0.5, 0.6) is 0 Å². The molecular weight excluding hydrogens is 316 g/mol. The lowest BCUT2D eigenvalue weighted by molar-refractivity contribution is -0.132. The van der Waals surface area contributed by atoms with Crippen LogP contribution in [0.4, 0.5) is 0 Å². The molecule has 2 amide bonds. The van der Waals surface area contributed by atoms with Crippen LogP contribution >= 0.6 is 0 Å². The summed E-state index contributed by atoms with van der Waals surface area (Å²) < 4.78 is 5.59. The van der Waals surface area contributed by atoms with Gasteiger partial charge in [0.1, 0.15) is 6.04 Å². The van der Waals surface area contributed by atoms with E-state index in [9.17, 15) is 9.59 Å². The molecule has 0 bridgehead atoms. The Balaban J connectivity index is 1.72. The molecule has 0 unspecified atom stereocenters. The highest BCUT2D eigenvalue weighted by Crippen LogP contribution is 2.02. The molecular formula is C20H24N2O3. The second kappa shape index (κ2) is 9.59. The highest BCUT2D eigenvalue weighted by molar-refractivity contribution is 5.97. The second-order valence-corrected chi connectivity index (χ2v) is 5.86. The Morgan fingerprint density at radius 3 is 2.28 bits per heavy atom. The Morgan fingerprint density at radius 1 is 1.04 bits per heavy atom. The van der Waals surface area contributed by atoms with Crippen LogP contribution in [0.1, 0.15) is 22.8 Å². The van der Waals surface area contributed by atoms with E-state index in [0.717, 1.165) is 5.56 Å². The van der Waals surface area contributed by atoms with E-state index in [0.29, 0.717) is 25.3 Å². The first-order chi connectivity index (χ1) is 12.1. The predicted octanol–water partition coefficient (Wildman–Crippen LogP) is 2.48. The molecule has 1 atom stereocenters. The minimum absolute atomic E-state index is 0.146. The van der Waals surface area contributed by atoms with Gasteiger partial charge in [-0.3, -0.25) is 9.59 Å². The fraction of sp³-hybridized carbons (Fsp3) is 0.300. The molecule has 5 nitrogen and oxygen atoms in total. The normalized spacial score (nSPS) is 11.6. The van der Waals surface area contributed by atoms with Crippen LogP contribution in [-0.4, -0.2) is 43.0 Å². The molecule has 0 radical (unpaired) electrons. The smallest absolute Gasteiger partial charge is 0.251 e. The lowest BCUT2D eigenvalue weighted by atomic mass is 10.2. The minimum atomic E-state index is -0.591. The van der Waals surface area contributed by atoms with Gasteiger partial charge in [0.05, 0.1) is 13.2 Å². The third-order valence-electron chi connectivity index (χ3n) is 3.81. The number of nitrogens with zero attached hydrogens (tertiary/aromatic N) is 1. The van der Waals surface area contributed by atoms with Crippen molar-refractivity contribution < 1.29 is 14.3 Å². The van der Waals surface area contributed by atoms with Crippen LogP contribution in [0.25, 0.3) is 0 Å². The molecule has 0 heterocycles. The molecule has 0 saturated carbocycles. The van der Waals surface area contributed by atoms with Gasteiger partial charge in [-0.15, -0.1) is 0 Å². The molecule has 0 aliphatic rings. The standard InChI is InChI=1S/C20H24N2O3/c1-16(21-19(23)18-11-7-4-8-12-18)20(24)22(2)13-14-25-15-17-9-5-3-6-10-17/h3-12,16H,13-15H2,1-2H3,(H,21,23)/t16-/m0/s1. The maximum Gasteiger partial charge on any atom is 0.251 e. The Morgan fingerprint density at radius 2 is 1.64 bits per heavy atom. The first-order valence-electron chi connectivity index (χ1n) is 8.30. The molecule has 0 saturated heterocycles. The Hall–Kier alpha value is -2.66. The van der Waals surface area contributed by atoms with Crippen molar-refractivity contribution in [2.45, 2.75) is 19.6 Å². The van der Waals surface area contributed by atoms with Crippen LogP contribution in [-0.2, 0) is 16.1 Å². The number of hydrogen-bond donors (Lipinski definition) is 1. The van der Waals surface area contributed by atoms with Gasteiger partial charge in [-0.05, 0) is 24.6 Å². The zero-order valence-corrected chi connectivity index (χ0v) is 14.6. The minimum Gasteiger partial charge on any atom is -0.375 e. The third-order valence-corrected chi connectivity index (χ3v) is 3.81. The molecule has 132 valence electrons. The van der Waals surface area contributed by atoms with Gasteiger partial charge in [-0.25, -0.2) is 0 Å². The number of hydrogen-bond acceptors (Lipinski definition) is 3. The number of amides is 2. The summed E-state index contributed by atoms with van der Waals surface area (Å²) in [5.74, 6) is -0.400. The van der Waals surface area contributed by atoms with Crippen LogP contribution in [0.3, 0.4) is 0 Å². The van der Waals surface area contributed by atoms with Crippen molar-refractivity contribution in [1.82, 2.24) is 10.2 Å². The molecule has 0 fully saturated rings. The van der Waals surface area contributed by atoms with Gasteiger partial charge >= 0.3 is 0 Å². The summed E-state index contributed by atoms with van der Waals surface area (Å²) in [4.78, 5) is 26.0. The number of benzene rings is 2. The van der Waals surface area contributed by atoms with Gasteiger partial charge in [0.25, 0.3) is 5.91 Å². The summed E-state index contributed by atoms with van der Waals surface area (Å²) in [5, 5.41) is 2.72. The van der Waals surface area contributed by atoms with E-state index in [1.165, 1.54) is 0 Å². The summed E-state index contributed by atoms with van der Waals surface area (Å²) in [6.45, 7) is 3.11. The number of nitrogens with one attached hydrogen (secondary N) is 1. The fourth-order valence-corrected chi connectivity index (χ4v) is 2.34. The number of rotatable bonds is 8. The van der Waals surface area contributed by atoms with E-state index in [1.54, 1.807) is 43.1 Å². The van der Waals surface area contributed by atoms with Crippen molar-refractivity contribution in [3.05, 3.63) is 71.8 Å². The van der Waals surface area contributed by atoms with Gasteiger partial charge in [-0.1, -0.05) is 48.5 Å². The molecule has 0 aliphatic carbocycles. The van der Waals surface area contributed by atoms with Crippen LogP contribution in [0.15, 0.2) is 60.7 Å². The molecule has 0 aromatic heterocycles. The number of ether oxygens (including phenoxy) is 1. The van der Waals surface area contributed by atoms with Crippen molar-refractivity contribution in [2.75, 3.05) is 20.2 Å². The molecule has 2 aromatic carbocycles. The third kappa shape index (κ3) is 6.04. The lowest BCUT2D eigenvalue weighted by Crippen LogP contribution is -2.46. The molecule has 0 aliphatic heterocycles. The fourth-order valence-electron chi connectivity index (χ4n) is 2.34. The first kappa shape index (κ1) is 18.7. The topological polar surface area (TPSA) is 58.6 Å². The molecule has 5 heteroatoms. The van der Waals surface area contributed by atoms with Crippen molar-refractivity contribution in [1.29, 1.82) is 0 Å². The van der Waals surface area contributed by atoms with Gasteiger partial charge in [0.15, 0.2) is 0 Å². The SMILES string of the molecule is C[C@H](NC(=O)c1ccccc1)C(=O)N(C)CCOCc1ccccc1. The highest BCUT2D eigenvalue weighted by atomic mass is 16.5. The molecule has 25 heavy (non-hydrogen) atoms. The van der Waals surface area contributed by atoms with Crippen LogP contribution in [0, 0.1) is 0 Å². The zero-order chi connectivity index (χ0) is 18.1. The summed E-state index contributed by atoms with van der Waals surface area (Å²) in [7, 11) is 1.71. The zero-order valence-electron chi connectivity index (χ0n) is 14.6. The number of carbonyl (C=O) groups is 2. The van der Waals surface area contributed by atoms with Gasteiger partial charge in [0, 0.05) is 19.2 Å². The Labute approximate surface area is 148 Å².